The van der Waals surface area contributed by atoms with Gasteiger partial charge in [0.1, 0.15) is 5.75 Å². The predicted molar refractivity (Wildman–Crippen MR) is 62.6 cm³/mol. The Hall–Kier alpha value is -2.24. The SMILES string of the molecule is Cc1ccc(-n2ccc(C(=O)C(F)(F)F)c2)cc1O. The van der Waals surface area contributed by atoms with Crippen molar-refractivity contribution in [2.45, 2.75) is 13.1 Å². The van der Waals surface area contributed by atoms with Gasteiger partial charge in [0.05, 0.1) is 0 Å². The van der Waals surface area contributed by atoms with E-state index in [1.807, 2.05) is 0 Å². The van der Waals surface area contributed by atoms with Crippen LogP contribution in [0, 0.1) is 6.92 Å². The number of carbonyl (C=O) groups is 1. The van der Waals surface area contributed by atoms with Crippen molar-refractivity contribution >= 4 is 5.78 Å². The number of Topliss-reactive ketones (excluding diaryl/α,β-unsaturated/α-hetero) is 1. The highest BCUT2D eigenvalue weighted by Gasteiger charge is 2.39. The third kappa shape index (κ3) is 2.62. The van der Waals surface area contributed by atoms with Crippen LogP contribution in [0.1, 0.15) is 15.9 Å². The van der Waals surface area contributed by atoms with E-state index in [0.717, 1.165) is 12.3 Å². The fraction of sp³-hybridized carbons (Fsp3) is 0.154. The molecule has 1 aromatic heterocycles. The van der Waals surface area contributed by atoms with E-state index in [2.05, 4.69) is 0 Å². The van der Waals surface area contributed by atoms with Crippen LogP contribution in [0.4, 0.5) is 13.2 Å². The third-order valence-corrected chi connectivity index (χ3v) is 2.70. The minimum absolute atomic E-state index is 0.0369. The summed E-state index contributed by atoms with van der Waals surface area (Å²) in [5.74, 6) is -1.85. The molecule has 0 aliphatic heterocycles. The molecule has 1 N–H and O–H groups in total. The van der Waals surface area contributed by atoms with Crippen molar-refractivity contribution in [1.29, 1.82) is 0 Å². The number of rotatable bonds is 2. The van der Waals surface area contributed by atoms with Gasteiger partial charge < -0.3 is 9.67 Å². The van der Waals surface area contributed by atoms with E-state index in [0.29, 0.717) is 11.3 Å². The van der Waals surface area contributed by atoms with Crippen LogP contribution in [0.5, 0.6) is 5.75 Å². The lowest BCUT2D eigenvalue weighted by Gasteiger charge is -2.05. The average molecular weight is 269 g/mol. The topological polar surface area (TPSA) is 42.2 Å². The number of hydrogen-bond acceptors (Lipinski definition) is 2. The zero-order chi connectivity index (χ0) is 14.2. The monoisotopic (exact) mass is 269 g/mol. The quantitative estimate of drug-likeness (QED) is 0.850. The molecule has 2 rings (SSSR count). The number of aromatic nitrogens is 1. The van der Waals surface area contributed by atoms with Gasteiger partial charge in [-0.15, -0.1) is 0 Å². The fourth-order valence-electron chi connectivity index (χ4n) is 1.61. The highest BCUT2D eigenvalue weighted by Crippen LogP contribution is 2.24. The fourth-order valence-corrected chi connectivity index (χ4v) is 1.61. The molecule has 0 aliphatic carbocycles. The lowest BCUT2D eigenvalue weighted by Crippen LogP contribution is -2.22. The Morgan fingerprint density at radius 1 is 1.26 bits per heavy atom. The minimum Gasteiger partial charge on any atom is -0.508 e. The van der Waals surface area contributed by atoms with Crippen LogP contribution in [-0.2, 0) is 0 Å². The van der Waals surface area contributed by atoms with Crippen LogP contribution in [0.2, 0.25) is 0 Å². The van der Waals surface area contributed by atoms with Gasteiger partial charge in [-0.2, -0.15) is 13.2 Å². The molecular formula is C13H10F3NO2. The summed E-state index contributed by atoms with van der Waals surface area (Å²) in [6.07, 6.45) is -2.47. The normalized spacial score (nSPS) is 11.6. The Morgan fingerprint density at radius 2 is 1.95 bits per heavy atom. The number of alkyl halides is 3. The molecule has 3 nitrogen and oxygen atoms in total. The summed E-state index contributed by atoms with van der Waals surface area (Å²) in [4.78, 5) is 11.0. The lowest BCUT2D eigenvalue weighted by molar-refractivity contribution is -0.0885. The summed E-state index contributed by atoms with van der Waals surface area (Å²) in [5.41, 5.74) is 0.694. The molecule has 0 atom stereocenters. The van der Waals surface area contributed by atoms with E-state index in [1.165, 1.54) is 16.8 Å². The number of nitrogens with zero attached hydrogens (tertiary/aromatic N) is 1. The molecule has 1 heterocycles. The van der Waals surface area contributed by atoms with Crippen molar-refractivity contribution in [1.82, 2.24) is 4.57 Å². The van der Waals surface area contributed by atoms with E-state index in [-0.39, 0.29) is 5.75 Å². The van der Waals surface area contributed by atoms with E-state index < -0.39 is 17.5 Å². The maximum atomic E-state index is 12.3. The molecule has 0 aliphatic rings. The van der Waals surface area contributed by atoms with Crippen molar-refractivity contribution < 1.29 is 23.1 Å². The molecule has 0 amide bonds. The number of aromatic hydroxyl groups is 1. The maximum Gasteiger partial charge on any atom is 0.454 e. The standard InChI is InChI=1S/C13H10F3NO2/c1-8-2-3-10(6-11(8)18)17-5-4-9(7-17)12(19)13(14,15)16/h2-7,18H,1H3. The first-order valence-corrected chi connectivity index (χ1v) is 5.38. The number of hydrogen-bond donors (Lipinski definition) is 1. The second-order valence-electron chi connectivity index (χ2n) is 4.11. The van der Waals surface area contributed by atoms with Gasteiger partial charge in [-0.25, -0.2) is 0 Å². The van der Waals surface area contributed by atoms with Gasteiger partial charge >= 0.3 is 6.18 Å². The Morgan fingerprint density at radius 3 is 2.53 bits per heavy atom. The van der Waals surface area contributed by atoms with Crippen molar-refractivity contribution in [2.24, 2.45) is 0 Å². The van der Waals surface area contributed by atoms with E-state index in [9.17, 15) is 23.1 Å². The minimum atomic E-state index is -4.89. The number of ketones is 1. The van der Waals surface area contributed by atoms with Crippen molar-refractivity contribution in [2.75, 3.05) is 0 Å². The Kier molecular flexibility index (Phi) is 3.09. The molecule has 0 spiro atoms. The maximum absolute atomic E-state index is 12.3. The van der Waals surface area contributed by atoms with Gasteiger partial charge in [0, 0.05) is 29.7 Å². The second kappa shape index (κ2) is 4.46. The predicted octanol–water partition coefficient (Wildman–Crippen LogP) is 3.24. The first kappa shape index (κ1) is 13.2. The number of benzene rings is 1. The molecule has 0 fully saturated rings. The summed E-state index contributed by atoms with van der Waals surface area (Å²) < 4.78 is 38.1. The second-order valence-corrected chi connectivity index (χ2v) is 4.11. The van der Waals surface area contributed by atoms with Crippen LogP contribution in [-0.4, -0.2) is 21.6 Å². The number of aryl methyl sites for hydroxylation is 1. The first-order valence-electron chi connectivity index (χ1n) is 5.38. The van der Waals surface area contributed by atoms with Crippen molar-refractivity contribution in [3.8, 4) is 11.4 Å². The number of phenolic OH excluding ortho intramolecular Hbond substituents is 1. The summed E-state index contributed by atoms with van der Waals surface area (Å²) >= 11 is 0. The Labute approximate surface area is 106 Å². The molecular weight excluding hydrogens is 259 g/mol. The number of phenols is 1. The zero-order valence-corrected chi connectivity index (χ0v) is 9.90. The molecule has 0 saturated carbocycles. The summed E-state index contributed by atoms with van der Waals surface area (Å²) in [5, 5.41) is 9.55. The molecule has 0 bridgehead atoms. The van der Waals surface area contributed by atoms with Crippen LogP contribution in [0.15, 0.2) is 36.7 Å². The van der Waals surface area contributed by atoms with E-state index in [4.69, 9.17) is 0 Å². The smallest absolute Gasteiger partial charge is 0.454 e. The molecule has 6 heteroatoms. The van der Waals surface area contributed by atoms with Gasteiger partial charge in [-0.05, 0) is 24.6 Å². The van der Waals surface area contributed by atoms with E-state index in [1.54, 1.807) is 19.1 Å². The van der Waals surface area contributed by atoms with Gasteiger partial charge in [0.25, 0.3) is 5.78 Å². The molecule has 2 aromatic rings. The summed E-state index contributed by atoms with van der Waals surface area (Å²) in [6.45, 7) is 1.70. The van der Waals surface area contributed by atoms with Crippen LogP contribution < -0.4 is 0 Å². The van der Waals surface area contributed by atoms with Gasteiger partial charge in [-0.3, -0.25) is 4.79 Å². The van der Waals surface area contributed by atoms with Gasteiger partial charge in [-0.1, -0.05) is 6.07 Å². The molecule has 0 saturated heterocycles. The summed E-state index contributed by atoms with van der Waals surface area (Å²) in [7, 11) is 0. The lowest BCUT2D eigenvalue weighted by atomic mass is 10.2. The molecule has 100 valence electrons. The highest BCUT2D eigenvalue weighted by atomic mass is 19.4. The van der Waals surface area contributed by atoms with Crippen LogP contribution >= 0.6 is 0 Å². The first-order chi connectivity index (χ1) is 8.79. The highest BCUT2D eigenvalue weighted by molar-refractivity contribution is 6.00. The van der Waals surface area contributed by atoms with E-state index >= 15 is 0 Å². The third-order valence-electron chi connectivity index (χ3n) is 2.70. The summed E-state index contributed by atoms with van der Waals surface area (Å²) in [6, 6.07) is 5.77. The van der Waals surface area contributed by atoms with Gasteiger partial charge in [0.15, 0.2) is 0 Å². The largest absolute Gasteiger partial charge is 0.508 e. The molecule has 1 aromatic carbocycles. The van der Waals surface area contributed by atoms with Gasteiger partial charge in [0.2, 0.25) is 0 Å². The Balaban J connectivity index is 2.36. The van der Waals surface area contributed by atoms with Crippen LogP contribution in [0.25, 0.3) is 5.69 Å². The van der Waals surface area contributed by atoms with Crippen LogP contribution in [0.3, 0.4) is 0 Å². The van der Waals surface area contributed by atoms with Crippen molar-refractivity contribution in [3.63, 3.8) is 0 Å². The molecule has 0 radical (unpaired) electrons. The number of carbonyl (C=O) groups excluding carboxylic acids is 1. The molecule has 19 heavy (non-hydrogen) atoms. The number of halogens is 3. The van der Waals surface area contributed by atoms with Crippen molar-refractivity contribution in [3.05, 3.63) is 47.8 Å². The zero-order valence-electron chi connectivity index (χ0n) is 9.90. The Bertz CT molecular complexity index is 629. The molecule has 0 unspecified atom stereocenters. The average Bonchev–Trinajstić information content (AvgIpc) is 2.79.